The molecule has 15 heavy (non-hydrogen) atoms. The Labute approximate surface area is 95.0 Å². The molecule has 0 saturated heterocycles. The number of pyridine rings is 1. The lowest BCUT2D eigenvalue weighted by molar-refractivity contribution is -0.671. The third-order valence-corrected chi connectivity index (χ3v) is 1.29. The maximum atomic E-state index is 9.51. The van der Waals surface area contributed by atoms with Gasteiger partial charge in [0.15, 0.2) is 11.9 Å². The molecule has 1 N–H and O–H groups in total. The van der Waals surface area contributed by atoms with Gasteiger partial charge in [0.25, 0.3) is 0 Å². The van der Waals surface area contributed by atoms with Gasteiger partial charge in [-0.2, -0.15) is 0 Å². The van der Waals surface area contributed by atoms with E-state index in [1.54, 1.807) is 22.9 Å². The molecular formula is C9H15ClN2O3. The summed E-state index contributed by atoms with van der Waals surface area (Å²) in [7, 11) is 4.68. The van der Waals surface area contributed by atoms with Crippen LogP contribution in [0.25, 0.3) is 0 Å². The zero-order valence-electron chi connectivity index (χ0n) is 8.88. The summed E-state index contributed by atoms with van der Waals surface area (Å²) in [4.78, 5) is 10.5. The Bertz CT molecular complexity index is 288. The molecule has 0 fully saturated rings. The number of carbonyl (C=O) groups excluding carboxylic acids is 1. The molecule has 1 heterocycles. The van der Waals surface area contributed by atoms with Crippen molar-refractivity contribution in [2.24, 2.45) is 7.05 Å². The maximum absolute atomic E-state index is 9.51. The van der Waals surface area contributed by atoms with Gasteiger partial charge in [-0.25, -0.2) is 4.57 Å². The van der Waals surface area contributed by atoms with E-state index < -0.39 is 6.09 Å². The summed E-state index contributed by atoms with van der Waals surface area (Å²) in [6, 6.07) is 3.43. The van der Waals surface area contributed by atoms with Crippen LogP contribution >= 0.6 is 12.4 Å². The first-order valence-electron chi connectivity index (χ1n) is 3.96. The molecule has 1 rings (SSSR count). The number of carboxylic acid groups (broad SMARTS) is 1. The van der Waals surface area contributed by atoms with Crippen LogP contribution in [0, 0.1) is 0 Å². The summed E-state index contributed by atoms with van der Waals surface area (Å²) >= 11 is 0. The minimum atomic E-state index is -1.16. The van der Waals surface area contributed by atoms with E-state index >= 15 is 0 Å². The van der Waals surface area contributed by atoms with E-state index in [0.717, 1.165) is 4.90 Å². The molecule has 1 amide bonds. The van der Waals surface area contributed by atoms with Crippen molar-refractivity contribution in [2.45, 2.75) is 0 Å². The van der Waals surface area contributed by atoms with E-state index in [1.165, 1.54) is 14.1 Å². The fourth-order valence-electron chi connectivity index (χ4n) is 0.572. The molecule has 0 atom stereocenters. The van der Waals surface area contributed by atoms with Crippen molar-refractivity contribution in [1.82, 2.24) is 4.90 Å². The van der Waals surface area contributed by atoms with Gasteiger partial charge in [0.05, 0.1) is 0 Å². The van der Waals surface area contributed by atoms with Crippen molar-refractivity contribution in [3.8, 4) is 5.75 Å². The molecule has 0 aromatic carbocycles. The summed E-state index contributed by atoms with van der Waals surface area (Å²) in [5.74, 6) is 0.301. The van der Waals surface area contributed by atoms with Crippen LogP contribution in [0.15, 0.2) is 24.5 Å². The molecule has 1 aromatic rings. The van der Waals surface area contributed by atoms with Crippen LogP contribution in [0.3, 0.4) is 0 Å². The van der Waals surface area contributed by atoms with Crippen LogP contribution in [-0.4, -0.2) is 30.2 Å². The van der Waals surface area contributed by atoms with Gasteiger partial charge in [-0.15, -0.1) is 12.4 Å². The summed E-state index contributed by atoms with van der Waals surface area (Å²) in [5, 5.41) is 18.3. The lowest BCUT2D eigenvalue weighted by Crippen LogP contribution is -2.35. The molecule has 0 aliphatic heterocycles. The average molecular weight is 235 g/mol. The first-order valence-corrected chi connectivity index (χ1v) is 3.96. The summed E-state index contributed by atoms with van der Waals surface area (Å²) in [6.07, 6.45) is 2.34. The molecule has 0 unspecified atom stereocenters. The highest BCUT2D eigenvalue weighted by atomic mass is 35.5. The molecule has 0 bridgehead atoms. The van der Waals surface area contributed by atoms with Crippen LogP contribution < -0.4 is 9.67 Å². The van der Waals surface area contributed by atoms with Gasteiger partial charge in [0, 0.05) is 20.2 Å². The van der Waals surface area contributed by atoms with Crippen molar-refractivity contribution in [3.05, 3.63) is 24.5 Å². The van der Waals surface area contributed by atoms with Gasteiger partial charge in [-0.1, -0.05) is 0 Å². The fraction of sp³-hybridized carbons (Fsp3) is 0.333. The number of hydrogen-bond acceptors (Lipinski definition) is 3. The highest BCUT2D eigenvalue weighted by Gasteiger charge is 1.89. The van der Waals surface area contributed by atoms with Crippen LogP contribution in [-0.2, 0) is 7.05 Å². The standard InChI is InChI=1S/C6H7NO.C3H7NO2.ClH/c1-7-4-2-3-6(8)5-7;1-4(2)3(5)6;/h2-5H,1H3;1-2H3,(H,5,6);1H. The number of carbonyl (C=O) groups is 1. The molecule has 0 aliphatic carbocycles. The van der Waals surface area contributed by atoms with Crippen molar-refractivity contribution < 1.29 is 19.6 Å². The molecule has 86 valence electrons. The van der Waals surface area contributed by atoms with Crippen LogP contribution in [0.5, 0.6) is 5.75 Å². The van der Waals surface area contributed by atoms with Crippen molar-refractivity contribution in [1.29, 1.82) is 0 Å². The molecule has 0 radical (unpaired) electrons. The second-order valence-electron chi connectivity index (χ2n) is 2.89. The highest BCUT2D eigenvalue weighted by Crippen LogP contribution is 1.98. The second-order valence-corrected chi connectivity index (χ2v) is 2.89. The van der Waals surface area contributed by atoms with Crippen LogP contribution in [0.1, 0.15) is 0 Å². The lowest BCUT2D eigenvalue weighted by atomic mass is 10.5. The van der Waals surface area contributed by atoms with Crippen LogP contribution in [0.2, 0.25) is 0 Å². The SMILES string of the molecule is CN(C)C(=O)[O-].C[n+]1cccc(O)c1.Cl. The first kappa shape index (κ1) is 16.0. The maximum Gasteiger partial charge on any atom is 0.210 e. The van der Waals surface area contributed by atoms with Gasteiger partial charge in [-0.05, 0) is 6.07 Å². The van der Waals surface area contributed by atoms with E-state index in [0.29, 0.717) is 5.75 Å². The minimum absolute atomic E-state index is 0. The van der Waals surface area contributed by atoms with Crippen molar-refractivity contribution in [3.63, 3.8) is 0 Å². The molecule has 0 aliphatic rings. The summed E-state index contributed by atoms with van der Waals surface area (Å²) in [6.45, 7) is 0. The molecule has 0 saturated carbocycles. The Morgan fingerprint density at radius 3 is 2.20 bits per heavy atom. The predicted molar refractivity (Wildman–Crippen MR) is 55.6 cm³/mol. The number of aromatic nitrogens is 1. The fourth-order valence-corrected chi connectivity index (χ4v) is 0.572. The molecule has 1 aromatic heterocycles. The molecule has 6 heteroatoms. The summed E-state index contributed by atoms with van der Waals surface area (Å²) < 4.78 is 1.79. The topological polar surface area (TPSA) is 67.5 Å². The molecular weight excluding hydrogens is 220 g/mol. The smallest absolute Gasteiger partial charge is 0.210 e. The Balaban J connectivity index is 0. The molecule has 5 nitrogen and oxygen atoms in total. The Morgan fingerprint density at radius 2 is 2.00 bits per heavy atom. The lowest BCUT2D eigenvalue weighted by Gasteiger charge is -2.10. The number of aryl methyl sites for hydroxylation is 1. The Morgan fingerprint density at radius 1 is 1.53 bits per heavy atom. The zero-order chi connectivity index (χ0) is 11.1. The Kier molecular flexibility index (Phi) is 8.38. The van der Waals surface area contributed by atoms with E-state index in [4.69, 9.17) is 5.11 Å². The summed E-state index contributed by atoms with van der Waals surface area (Å²) in [5.41, 5.74) is 0. The molecule has 0 spiro atoms. The van der Waals surface area contributed by atoms with E-state index in [9.17, 15) is 9.90 Å². The Hall–Kier alpha value is -1.49. The number of amides is 1. The van der Waals surface area contributed by atoms with Gasteiger partial charge >= 0.3 is 0 Å². The van der Waals surface area contributed by atoms with Crippen molar-refractivity contribution in [2.75, 3.05) is 14.1 Å². The number of rotatable bonds is 0. The third kappa shape index (κ3) is 8.83. The predicted octanol–water partition coefficient (Wildman–Crippen LogP) is -0.470. The van der Waals surface area contributed by atoms with E-state index in [2.05, 4.69) is 0 Å². The van der Waals surface area contributed by atoms with Gasteiger partial charge in [-0.3, -0.25) is 0 Å². The monoisotopic (exact) mass is 234 g/mol. The second kappa shape index (κ2) is 7.87. The quantitative estimate of drug-likeness (QED) is 0.617. The average Bonchev–Trinajstić information content (AvgIpc) is 2.04. The van der Waals surface area contributed by atoms with E-state index in [-0.39, 0.29) is 12.4 Å². The van der Waals surface area contributed by atoms with Gasteiger partial charge in [0.1, 0.15) is 13.1 Å². The third-order valence-electron chi connectivity index (χ3n) is 1.29. The van der Waals surface area contributed by atoms with E-state index in [1.807, 2.05) is 13.2 Å². The van der Waals surface area contributed by atoms with Gasteiger partial charge < -0.3 is 19.9 Å². The van der Waals surface area contributed by atoms with Crippen LogP contribution in [0.4, 0.5) is 4.79 Å². The largest absolute Gasteiger partial charge is 0.530 e. The van der Waals surface area contributed by atoms with Gasteiger partial charge in [0.2, 0.25) is 6.20 Å². The number of hydrogen-bond donors (Lipinski definition) is 1. The zero-order valence-corrected chi connectivity index (χ0v) is 9.69. The number of halogens is 1. The number of aromatic hydroxyl groups is 1. The minimum Gasteiger partial charge on any atom is -0.530 e. The first-order chi connectivity index (χ1) is 6.43. The number of nitrogens with zero attached hydrogens (tertiary/aromatic N) is 2. The van der Waals surface area contributed by atoms with Crippen molar-refractivity contribution >= 4 is 18.5 Å². The normalized spacial score (nSPS) is 7.93. The highest BCUT2D eigenvalue weighted by molar-refractivity contribution is 5.85.